The number of ether oxygens (including phenoxy) is 2. The van der Waals surface area contributed by atoms with Gasteiger partial charge in [-0.05, 0) is 24.3 Å². The van der Waals surface area contributed by atoms with Gasteiger partial charge in [-0.2, -0.15) is 13.9 Å². The zero-order chi connectivity index (χ0) is 18.2. The highest BCUT2D eigenvalue weighted by atomic mass is 35.5. The van der Waals surface area contributed by atoms with Crippen LogP contribution >= 0.6 is 11.6 Å². The number of rotatable bonds is 8. The van der Waals surface area contributed by atoms with Gasteiger partial charge in [0.15, 0.2) is 5.82 Å². The van der Waals surface area contributed by atoms with E-state index in [0.29, 0.717) is 5.69 Å². The van der Waals surface area contributed by atoms with Crippen molar-refractivity contribution in [1.29, 1.82) is 5.53 Å². The smallest absolute Gasteiger partial charge is 0.387 e. The number of nitrogens with zero attached hydrogens (tertiary/aromatic N) is 2. The molecule has 10 heteroatoms. The molecule has 0 radical (unpaired) electrons. The lowest BCUT2D eigenvalue weighted by atomic mass is 10.3. The number of aromatic nitrogens is 1. The number of hydrogen-bond acceptors (Lipinski definition) is 6. The molecule has 0 aliphatic rings. The molecule has 0 amide bonds. The quantitative estimate of drug-likeness (QED) is 0.650. The molecule has 25 heavy (non-hydrogen) atoms. The average Bonchev–Trinajstić information content (AvgIpc) is 2.58. The van der Waals surface area contributed by atoms with Crippen molar-refractivity contribution in [3.05, 3.63) is 59.3 Å². The molecular formula is C15H12ClF3N4O2. The van der Waals surface area contributed by atoms with E-state index in [1.165, 1.54) is 42.7 Å². The Balaban J connectivity index is 2.03. The first-order chi connectivity index (χ1) is 12.0. The van der Waals surface area contributed by atoms with Crippen molar-refractivity contribution in [2.75, 3.05) is 11.9 Å². The fraction of sp³-hybridized carbons (Fsp3) is 0.133. The van der Waals surface area contributed by atoms with Crippen LogP contribution in [0.5, 0.6) is 11.6 Å². The predicted octanol–water partition coefficient (Wildman–Crippen LogP) is 4.84. The molecule has 2 N–H and O–H groups in total. The molecule has 2 rings (SSSR count). The van der Waals surface area contributed by atoms with Gasteiger partial charge in [0.2, 0.25) is 0 Å². The maximum absolute atomic E-state index is 13.4. The Kier molecular flexibility index (Phi) is 6.58. The normalized spacial score (nSPS) is 11.3. The third-order valence-electron chi connectivity index (χ3n) is 2.78. The second kappa shape index (κ2) is 8.88. The van der Waals surface area contributed by atoms with Crippen LogP contribution < -0.4 is 14.8 Å². The molecule has 0 aliphatic heterocycles. The summed E-state index contributed by atoms with van der Waals surface area (Å²) >= 11 is 5.75. The number of halogens is 4. The fourth-order valence-electron chi connectivity index (χ4n) is 1.67. The van der Waals surface area contributed by atoms with Gasteiger partial charge in [0.25, 0.3) is 5.88 Å². The van der Waals surface area contributed by atoms with E-state index in [4.69, 9.17) is 21.9 Å². The van der Waals surface area contributed by atoms with E-state index in [1.54, 1.807) is 0 Å². The average molecular weight is 373 g/mol. The molecule has 0 atom stereocenters. The number of nitrogens with one attached hydrogen (secondary N) is 2. The fourth-order valence-corrected chi connectivity index (χ4v) is 1.83. The van der Waals surface area contributed by atoms with Crippen molar-refractivity contribution in [1.82, 2.24) is 4.98 Å². The van der Waals surface area contributed by atoms with Gasteiger partial charge in [-0.25, -0.2) is 14.9 Å². The zero-order valence-electron chi connectivity index (χ0n) is 12.5. The molecule has 0 unspecified atom stereocenters. The Labute approximate surface area is 145 Å². The summed E-state index contributed by atoms with van der Waals surface area (Å²) in [5, 5.41) is 5.99. The van der Waals surface area contributed by atoms with Gasteiger partial charge in [0.05, 0.1) is 5.02 Å². The first-order valence-electron chi connectivity index (χ1n) is 6.80. The minimum Gasteiger partial charge on any atom is -0.469 e. The molecule has 0 aliphatic carbocycles. The molecule has 0 saturated carbocycles. The summed E-state index contributed by atoms with van der Waals surface area (Å²) in [5.41, 5.74) is 7.57. The third kappa shape index (κ3) is 5.64. The maximum atomic E-state index is 13.4. The summed E-state index contributed by atoms with van der Waals surface area (Å²) < 4.78 is 47.4. The molecule has 0 spiro atoms. The van der Waals surface area contributed by atoms with E-state index in [9.17, 15) is 13.2 Å². The van der Waals surface area contributed by atoms with Crippen LogP contribution in [0.25, 0.3) is 0 Å². The first-order valence-corrected chi connectivity index (χ1v) is 7.18. The number of benzene rings is 1. The van der Waals surface area contributed by atoms with E-state index in [0.717, 1.165) is 0 Å². The molecule has 2 aromatic rings. The van der Waals surface area contributed by atoms with Crippen LogP contribution in [0, 0.1) is 11.3 Å². The summed E-state index contributed by atoms with van der Waals surface area (Å²) in [5.74, 6) is -1.08. The minimum absolute atomic E-state index is 0.0224. The van der Waals surface area contributed by atoms with Crippen LogP contribution in [-0.2, 0) is 0 Å². The molecular weight excluding hydrogens is 361 g/mol. The lowest BCUT2D eigenvalue weighted by Crippen LogP contribution is -2.05. The standard InChI is InChI=1S/C15H12ClF3N4O2/c16-11-4-3-9(6-13(11)25-15(18)19)22-7-10(23-20)8-24-14-12(17)2-1-5-21-14/h1-7,15,20,22H,8H2/b10-7-,23-20?. The van der Waals surface area contributed by atoms with Gasteiger partial charge < -0.3 is 14.8 Å². The summed E-state index contributed by atoms with van der Waals surface area (Å²) in [6, 6.07) is 6.73. The Hall–Kier alpha value is -2.81. The van der Waals surface area contributed by atoms with E-state index >= 15 is 0 Å². The van der Waals surface area contributed by atoms with E-state index in [1.807, 2.05) is 0 Å². The molecule has 0 bridgehead atoms. The Morgan fingerprint density at radius 3 is 2.88 bits per heavy atom. The molecule has 6 nitrogen and oxygen atoms in total. The van der Waals surface area contributed by atoms with Crippen LogP contribution in [-0.4, -0.2) is 18.2 Å². The topological polar surface area (TPSA) is 79.6 Å². The molecule has 1 heterocycles. The van der Waals surface area contributed by atoms with Crippen LogP contribution in [0.1, 0.15) is 0 Å². The highest BCUT2D eigenvalue weighted by Gasteiger charge is 2.09. The molecule has 1 aromatic carbocycles. The van der Waals surface area contributed by atoms with Gasteiger partial charge in [0, 0.05) is 24.2 Å². The molecule has 1 aromatic heterocycles. The summed E-state index contributed by atoms with van der Waals surface area (Å²) in [6.07, 6.45) is 2.65. The van der Waals surface area contributed by atoms with Crippen LogP contribution in [0.3, 0.4) is 0 Å². The Morgan fingerprint density at radius 2 is 2.20 bits per heavy atom. The van der Waals surface area contributed by atoms with Crippen LogP contribution in [0.4, 0.5) is 18.9 Å². The van der Waals surface area contributed by atoms with Gasteiger partial charge in [-0.3, -0.25) is 0 Å². The zero-order valence-corrected chi connectivity index (χ0v) is 13.3. The van der Waals surface area contributed by atoms with Gasteiger partial charge >= 0.3 is 6.61 Å². The highest BCUT2D eigenvalue weighted by molar-refractivity contribution is 6.32. The van der Waals surface area contributed by atoms with Gasteiger partial charge in [-0.15, -0.1) is 0 Å². The van der Waals surface area contributed by atoms with Crippen molar-refractivity contribution >= 4 is 17.3 Å². The van der Waals surface area contributed by atoms with Crippen molar-refractivity contribution in [2.45, 2.75) is 6.61 Å². The van der Waals surface area contributed by atoms with E-state index < -0.39 is 12.4 Å². The first kappa shape index (κ1) is 18.5. The number of pyridine rings is 1. The number of hydrogen-bond donors (Lipinski definition) is 2. The monoisotopic (exact) mass is 372 g/mol. The van der Waals surface area contributed by atoms with Gasteiger partial charge in [0.1, 0.15) is 18.1 Å². The van der Waals surface area contributed by atoms with Crippen LogP contribution in [0.2, 0.25) is 5.02 Å². The van der Waals surface area contributed by atoms with E-state index in [2.05, 4.69) is 20.2 Å². The number of anilines is 1. The number of alkyl halides is 2. The minimum atomic E-state index is -3.01. The Morgan fingerprint density at radius 1 is 1.40 bits per heavy atom. The SMILES string of the molecule is N=N/C(=C\Nc1ccc(Cl)c(OC(F)F)c1)COc1ncccc1F. The summed E-state index contributed by atoms with van der Waals surface area (Å²) in [6.45, 7) is -3.23. The van der Waals surface area contributed by atoms with Crippen molar-refractivity contribution in [3.8, 4) is 11.6 Å². The predicted molar refractivity (Wildman–Crippen MR) is 84.6 cm³/mol. The highest BCUT2D eigenvalue weighted by Crippen LogP contribution is 2.29. The maximum Gasteiger partial charge on any atom is 0.387 e. The molecule has 132 valence electrons. The lowest BCUT2D eigenvalue weighted by Gasteiger charge is -2.09. The largest absolute Gasteiger partial charge is 0.469 e. The summed E-state index contributed by atoms with van der Waals surface area (Å²) in [7, 11) is 0. The summed E-state index contributed by atoms with van der Waals surface area (Å²) in [4.78, 5) is 3.70. The molecule has 0 fully saturated rings. The lowest BCUT2D eigenvalue weighted by molar-refractivity contribution is -0.0497. The third-order valence-corrected chi connectivity index (χ3v) is 3.09. The molecule has 0 saturated heterocycles. The van der Waals surface area contributed by atoms with E-state index in [-0.39, 0.29) is 29.0 Å². The second-order valence-corrected chi connectivity index (χ2v) is 4.90. The van der Waals surface area contributed by atoms with Crippen molar-refractivity contribution in [2.24, 2.45) is 5.11 Å². The van der Waals surface area contributed by atoms with Crippen molar-refractivity contribution in [3.63, 3.8) is 0 Å². The van der Waals surface area contributed by atoms with Crippen LogP contribution in [0.15, 0.2) is 53.5 Å². The second-order valence-electron chi connectivity index (χ2n) is 4.49. The Bertz CT molecular complexity index is 774. The van der Waals surface area contributed by atoms with Crippen molar-refractivity contribution < 1.29 is 22.6 Å². The van der Waals surface area contributed by atoms with Gasteiger partial charge in [-0.1, -0.05) is 11.6 Å².